The summed E-state index contributed by atoms with van der Waals surface area (Å²) >= 11 is 0. The van der Waals surface area contributed by atoms with E-state index in [1.54, 1.807) is 0 Å². The zero-order valence-corrected chi connectivity index (χ0v) is 39.8. The standard InChI is InChI=1S/C48H96O13/c1-4-7-9-10-11-12-13-14-15-16-17-18-19-20-21-22-24-50-25-26-51-27-28-52-29-30-53-31-32-54-33-34-55-35-36-56-37-38-57-39-40-58-41-42-59-43-44-60-45-46-61-48(49)47(6-3)23-8-5-2/h47H,4-46H2,1-3H3. The molecule has 0 aromatic carbocycles. The molecule has 61 heavy (non-hydrogen) atoms. The Balaban J connectivity index is 3.12. The predicted molar refractivity (Wildman–Crippen MR) is 243 cm³/mol. The number of hydrogen-bond donors (Lipinski definition) is 0. The average molecular weight is 881 g/mol. The van der Waals surface area contributed by atoms with Crippen molar-refractivity contribution in [2.75, 3.05) is 152 Å². The lowest BCUT2D eigenvalue weighted by Crippen LogP contribution is -2.20. The fourth-order valence-electron chi connectivity index (χ4n) is 6.31. The second-order valence-corrected chi connectivity index (χ2v) is 15.5. The summed E-state index contributed by atoms with van der Waals surface area (Å²) in [5.41, 5.74) is 0. The van der Waals surface area contributed by atoms with Crippen molar-refractivity contribution in [1.29, 1.82) is 0 Å². The fourth-order valence-corrected chi connectivity index (χ4v) is 6.31. The van der Waals surface area contributed by atoms with E-state index in [-0.39, 0.29) is 18.5 Å². The number of carbonyl (C=O) groups is 1. The maximum atomic E-state index is 12.0. The van der Waals surface area contributed by atoms with Crippen LogP contribution in [-0.2, 0) is 61.6 Å². The number of carbonyl (C=O) groups excluding carboxylic acids is 1. The van der Waals surface area contributed by atoms with E-state index in [0.717, 1.165) is 38.7 Å². The van der Waals surface area contributed by atoms with E-state index >= 15 is 0 Å². The van der Waals surface area contributed by atoms with Gasteiger partial charge < -0.3 is 56.8 Å². The summed E-state index contributed by atoms with van der Waals surface area (Å²) in [5, 5.41) is 0. The third-order valence-electron chi connectivity index (χ3n) is 10.1. The highest BCUT2D eigenvalue weighted by atomic mass is 16.6. The zero-order valence-electron chi connectivity index (χ0n) is 39.8. The molecule has 0 aliphatic heterocycles. The van der Waals surface area contributed by atoms with Crippen LogP contribution in [0.3, 0.4) is 0 Å². The van der Waals surface area contributed by atoms with Crippen LogP contribution in [0.25, 0.3) is 0 Å². The van der Waals surface area contributed by atoms with Gasteiger partial charge in [-0.15, -0.1) is 0 Å². The van der Waals surface area contributed by atoms with Crippen molar-refractivity contribution in [3.8, 4) is 0 Å². The quantitative estimate of drug-likeness (QED) is 0.0426. The molecule has 0 aliphatic rings. The Hall–Kier alpha value is -0.970. The molecule has 0 heterocycles. The van der Waals surface area contributed by atoms with Crippen LogP contribution in [-0.4, -0.2) is 158 Å². The first kappa shape index (κ1) is 60.0. The zero-order chi connectivity index (χ0) is 44.0. The minimum atomic E-state index is -0.118. The van der Waals surface area contributed by atoms with E-state index in [0.29, 0.717) is 139 Å². The molecule has 0 aromatic heterocycles. The van der Waals surface area contributed by atoms with Gasteiger partial charge in [0.05, 0.1) is 145 Å². The summed E-state index contributed by atoms with van der Waals surface area (Å²) < 4.78 is 66.2. The van der Waals surface area contributed by atoms with Crippen molar-refractivity contribution in [1.82, 2.24) is 0 Å². The molecule has 0 rings (SSSR count). The van der Waals surface area contributed by atoms with Crippen LogP contribution in [0.2, 0.25) is 0 Å². The van der Waals surface area contributed by atoms with Crippen molar-refractivity contribution < 1.29 is 61.6 Å². The van der Waals surface area contributed by atoms with Crippen molar-refractivity contribution >= 4 is 5.97 Å². The second-order valence-electron chi connectivity index (χ2n) is 15.5. The van der Waals surface area contributed by atoms with Crippen LogP contribution in [0, 0.1) is 5.92 Å². The monoisotopic (exact) mass is 881 g/mol. The van der Waals surface area contributed by atoms with Gasteiger partial charge in [0.1, 0.15) is 6.61 Å². The highest BCUT2D eigenvalue weighted by molar-refractivity contribution is 5.72. The minimum Gasteiger partial charge on any atom is -0.463 e. The van der Waals surface area contributed by atoms with Crippen molar-refractivity contribution in [3.05, 3.63) is 0 Å². The Morgan fingerprint density at radius 2 is 0.508 bits per heavy atom. The van der Waals surface area contributed by atoms with Gasteiger partial charge >= 0.3 is 5.97 Å². The summed E-state index contributed by atoms with van der Waals surface area (Å²) in [6.45, 7) is 18.3. The van der Waals surface area contributed by atoms with Gasteiger partial charge in [0.25, 0.3) is 0 Å². The highest BCUT2D eigenvalue weighted by Gasteiger charge is 2.17. The lowest BCUT2D eigenvalue weighted by atomic mass is 10.00. The largest absolute Gasteiger partial charge is 0.463 e. The highest BCUT2D eigenvalue weighted by Crippen LogP contribution is 2.15. The fraction of sp³-hybridized carbons (Fsp3) is 0.979. The van der Waals surface area contributed by atoms with Crippen molar-refractivity contribution in [3.63, 3.8) is 0 Å². The maximum absolute atomic E-state index is 12.0. The van der Waals surface area contributed by atoms with Gasteiger partial charge in [0, 0.05) is 6.61 Å². The first-order valence-corrected chi connectivity index (χ1v) is 24.8. The summed E-state index contributed by atoms with van der Waals surface area (Å²) in [6, 6.07) is 0. The molecule has 0 N–H and O–H groups in total. The molecule has 0 fully saturated rings. The molecular weight excluding hydrogens is 785 g/mol. The predicted octanol–water partition coefficient (Wildman–Crippen LogP) is 9.19. The Kier molecular flexibility index (Phi) is 54.3. The van der Waals surface area contributed by atoms with Gasteiger partial charge in [-0.3, -0.25) is 4.79 Å². The Morgan fingerprint density at radius 3 is 0.770 bits per heavy atom. The molecule has 0 bridgehead atoms. The lowest BCUT2D eigenvalue weighted by Gasteiger charge is -2.13. The maximum Gasteiger partial charge on any atom is 0.308 e. The summed E-state index contributed by atoms with van der Waals surface area (Å²) in [4.78, 5) is 12.0. The third kappa shape index (κ3) is 51.5. The normalized spacial score (nSPS) is 12.1. The number of esters is 1. The molecule has 0 amide bonds. The van der Waals surface area contributed by atoms with Gasteiger partial charge in [-0.05, 0) is 19.3 Å². The van der Waals surface area contributed by atoms with Crippen LogP contribution in [0.1, 0.15) is 149 Å². The van der Waals surface area contributed by atoms with Gasteiger partial charge in [0.15, 0.2) is 0 Å². The van der Waals surface area contributed by atoms with E-state index in [4.69, 9.17) is 56.8 Å². The van der Waals surface area contributed by atoms with Gasteiger partial charge in [-0.2, -0.15) is 0 Å². The van der Waals surface area contributed by atoms with E-state index in [2.05, 4.69) is 13.8 Å². The second kappa shape index (κ2) is 55.2. The van der Waals surface area contributed by atoms with Gasteiger partial charge in [0.2, 0.25) is 0 Å². The van der Waals surface area contributed by atoms with Gasteiger partial charge in [-0.25, -0.2) is 0 Å². The molecule has 0 aliphatic carbocycles. The topological polar surface area (TPSA) is 128 Å². The summed E-state index contributed by atoms with van der Waals surface area (Å²) in [6.07, 6.45) is 26.0. The van der Waals surface area contributed by atoms with E-state index in [1.807, 2.05) is 6.92 Å². The minimum absolute atomic E-state index is 0.00335. The molecule has 0 spiro atoms. The SMILES string of the molecule is CCCCCCCCCCCCCCCCCCOCCOCCOCCOCCOCCOCCOCCOCCOCCOCCOCCOC(=O)C(CC)CCCC. The molecule has 0 aromatic rings. The summed E-state index contributed by atoms with van der Waals surface area (Å²) in [5.74, 6) is -0.121. The molecule has 13 heteroatoms. The van der Waals surface area contributed by atoms with E-state index in [1.165, 1.54) is 96.3 Å². The molecule has 366 valence electrons. The number of unbranched alkanes of at least 4 members (excludes halogenated alkanes) is 16. The van der Waals surface area contributed by atoms with Crippen LogP contribution in [0.5, 0.6) is 0 Å². The summed E-state index contributed by atoms with van der Waals surface area (Å²) in [7, 11) is 0. The third-order valence-corrected chi connectivity index (χ3v) is 10.1. The molecule has 0 saturated heterocycles. The van der Waals surface area contributed by atoms with Crippen LogP contribution >= 0.6 is 0 Å². The van der Waals surface area contributed by atoms with E-state index in [9.17, 15) is 4.79 Å². The molecular formula is C48H96O13. The first-order chi connectivity index (χ1) is 30.3. The average Bonchev–Trinajstić information content (AvgIpc) is 3.27. The Morgan fingerprint density at radius 1 is 0.279 bits per heavy atom. The Labute approximate surface area is 373 Å². The molecule has 0 radical (unpaired) electrons. The van der Waals surface area contributed by atoms with Crippen molar-refractivity contribution in [2.45, 2.75) is 149 Å². The van der Waals surface area contributed by atoms with E-state index < -0.39 is 0 Å². The lowest BCUT2D eigenvalue weighted by molar-refractivity contribution is -0.150. The smallest absolute Gasteiger partial charge is 0.308 e. The Bertz CT molecular complexity index is 810. The van der Waals surface area contributed by atoms with Crippen molar-refractivity contribution in [2.24, 2.45) is 5.92 Å². The molecule has 1 atom stereocenters. The molecule has 13 nitrogen and oxygen atoms in total. The molecule has 0 saturated carbocycles. The van der Waals surface area contributed by atoms with Crippen LogP contribution in [0.15, 0.2) is 0 Å². The van der Waals surface area contributed by atoms with Crippen LogP contribution in [0.4, 0.5) is 0 Å². The van der Waals surface area contributed by atoms with Gasteiger partial charge in [-0.1, -0.05) is 130 Å². The number of ether oxygens (including phenoxy) is 12. The van der Waals surface area contributed by atoms with Crippen LogP contribution < -0.4 is 0 Å². The number of hydrogen-bond acceptors (Lipinski definition) is 13. The number of rotatable bonds is 55. The molecule has 1 unspecified atom stereocenters. The first-order valence-electron chi connectivity index (χ1n) is 24.8.